The molecule has 0 aliphatic carbocycles. The fourth-order valence-electron chi connectivity index (χ4n) is 3.36. The summed E-state index contributed by atoms with van der Waals surface area (Å²) in [6, 6.07) is 9.17. The summed E-state index contributed by atoms with van der Waals surface area (Å²) in [6.45, 7) is 4.16. The summed E-state index contributed by atoms with van der Waals surface area (Å²) in [6.07, 6.45) is -1.16. The number of hydrogen-bond acceptors (Lipinski definition) is 8. The Kier molecular flexibility index (Phi) is 8.13. The number of morpholine rings is 1. The highest BCUT2D eigenvalue weighted by molar-refractivity contribution is 7.89. The molecule has 1 aliphatic heterocycles. The van der Waals surface area contributed by atoms with Gasteiger partial charge in [-0.05, 0) is 43.7 Å². The van der Waals surface area contributed by atoms with E-state index in [1.807, 2.05) is 0 Å². The fraction of sp³-hybridized carbons (Fsp3) is 0.391. The van der Waals surface area contributed by atoms with E-state index in [4.69, 9.17) is 18.9 Å². The fourth-order valence-corrected chi connectivity index (χ4v) is 5.02. The van der Waals surface area contributed by atoms with Gasteiger partial charge in [0.25, 0.3) is 5.91 Å². The van der Waals surface area contributed by atoms with Crippen LogP contribution >= 0.6 is 0 Å². The molecular weight excluding hydrogens is 464 g/mol. The number of anilines is 1. The van der Waals surface area contributed by atoms with Crippen molar-refractivity contribution in [2.24, 2.45) is 0 Å². The van der Waals surface area contributed by atoms with Gasteiger partial charge in [0.15, 0.2) is 6.10 Å². The van der Waals surface area contributed by atoms with Crippen molar-refractivity contribution in [1.82, 2.24) is 4.31 Å². The number of amides is 1. The Morgan fingerprint density at radius 3 is 2.41 bits per heavy atom. The molecular formula is C23H28N2O8S. The molecule has 1 saturated heterocycles. The van der Waals surface area contributed by atoms with Crippen molar-refractivity contribution in [3.05, 3.63) is 47.5 Å². The lowest BCUT2D eigenvalue weighted by atomic mass is 10.1. The molecule has 1 amide bonds. The van der Waals surface area contributed by atoms with Crippen LogP contribution < -0.4 is 14.8 Å². The number of carbonyl (C=O) groups is 2. The third kappa shape index (κ3) is 5.66. The molecule has 10 nitrogen and oxygen atoms in total. The quantitative estimate of drug-likeness (QED) is 0.557. The van der Waals surface area contributed by atoms with Gasteiger partial charge in [-0.3, -0.25) is 4.79 Å². The summed E-state index contributed by atoms with van der Waals surface area (Å²) < 4.78 is 48.4. The first-order valence-electron chi connectivity index (χ1n) is 10.6. The molecule has 1 atom stereocenters. The van der Waals surface area contributed by atoms with Crippen LogP contribution in [0.25, 0.3) is 0 Å². The molecule has 2 aromatic carbocycles. The molecule has 184 valence electrons. The van der Waals surface area contributed by atoms with Crippen LogP contribution in [0.4, 0.5) is 5.69 Å². The molecule has 34 heavy (non-hydrogen) atoms. The van der Waals surface area contributed by atoms with Crippen molar-refractivity contribution in [3.8, 4) is 11.5 Å². The maximum atomic E-state index is 13.1. The van der Waals surface area contributed by atoms with E-state index in [2.05, 4.69) is 5.32 Å². The molecule has 1 aliphatic rings. The van der Waals surface area contributed by atoms with Crippen LogP contribution in [0.15, 0.2) is 41.3 Å². The molecule has 0 saturated carbocycles. The van der Waals surface area contributed by atoms with E-state index in [0.717, 1.165) is 0 Å². The predicted octanol–water partition coefficient (Wildman–Crippen LogP) is 2.22. The normalized spacial score (nSPS) is 15.3. The second-order valence-corrected chi connectivity index (χ2v) is 9.51. The highest BCUT2D eigenvalue weighted by atomic mass is 32.2. The van der Waals surface area contributed by atoms with Gasteiger partial charge in [-0.1, -0.05) is 6.07 Å². The summed E-state index contributed by atoms with van der Waals surface area (Å²) in [7, 11) is -0.856. The summed E-state index contributed by atoms with van der Waals surface area (Å²) in [5.74, 6) is -0.495. The summed E-state index contributed by atoms with van der Waals surface area (Å²) in [4.78, 5) is 25.4. The highest BCUT2D eigenvalue weighted by Crippen LogP contribution is 2.29. The number of nitrogens with one attached hydrogen (secondary N) is 1. The van der Waals surface area contributed by atoms with E-state index >= 15 is 0 Å². The van der Waals surface area contributed by atoms with E-state index in [0.29, 0.717) is 36.0 Å². The molecule has 1 unspecified atom stereocenters. The van der Waals surface area contributed by atoms with Crippen LogP contribution in [-0.2, 0) is 24.3 Å². The Balaban J connectivity index is 1.74. The van der Waals surface area contributed by atoms with Gasteiger partial charge in [0.1, 0.15) is 11.5 Å². The lowest BCUT2D eigenvalue weighted by molar-refractivity contribution is -0.123. The minimum absolute atomic E-state index is 0.0158. The van der Waals surface area contributed by atoms with Crippen molar-refractivity contribution < 1.29 is 37.0 Å². The summed E-state index contributed by atoms with van der Waals surface area (Å²) >= 11 is 0. The average Bonchev–Trinajstić information content (AvgIpc) is 2.84. The predicted molar refractivity (Wildman–Crippen MR) is 124 cm³/mol. The third-order valence-electron chi connectivity index (χ3n) is 5.33. The SMILES string of the molecule is COc1ccc(OC)c(NC(=O)C(C)OC(=O)c2ccc(C)c(S(=O)(=O)N3CCOCC3)c2)c1. The second kappa shape index (κ2) is 10.9. The zero-order chi connectivity index (χ0) is 24.9. The third-order valence-corrected chi connectivity index (χ3v) is 7.37. The Labute approximate surface area is 198 Å². The highest BCUT2D eigenvalue weighted by Gasteiger charge is 2.29. The maximum absolute atomic E-state index is 13.1. The van der Waals surface area contributed by atoms with Crippen molar-refractivity contribution >= 4 is 27.6 Å². The van der Waals surface area contributed by atoms with Crippen molar-refractivity contribution in [1.29, 1.82) is 0 Å². The van der Waals surface area contributed by atoms with Gasteiger partial charge >= 0.3 is 5.97 Å². The van der Waals surface area contributed by atoms with Crippen LogP contribution in [0, 0.1) is 6.92 Å². The molecule has 11 heteroatoms. The number of aryl methyl sites for hydroxylation is 1. The van der Waals surface area contributed by atoms with Gasteiger partial charge in [0.05, 0.1) is 43.6 Å². The molecule has 2 aromatic rings. The molecule has 1 heterocycles. The molecule has 1 N–H and O–H groups in total. The number of sulfonamides is 1. The van der Waals surface area contributed by atoms with Gasteiger partial charge in [-0.2, -0.15) is 4.31 Å². The number of methoxy groups -OCH3 is 2. The van der Waals surface area contributed by atoms with Gasteiger partial charge in [0.2, 0.25) is 10.0 Å². The first-order chi connectivity index (χ1) is 16.2. The molecule has 0 radical (unpaired) electrons. The lowest BCUT2D eigenvalue weighted by Crippen LogP contribution is -2.40. The number of ether oxygens (including phenoxy) is 4. The average molecular weight is 493 g/mol. The maximum Gasteiger partial charge on any atom is 0.338 e. The lowest BCUT2D eigenvalue weighted by Gasteiger charge is -2.26. The van der Waals surface area contributed by atoms with Gasteiger partial charge in [0, 0.05) is 19.2 Å². The second-order valence-electron chi connectivity index (χ2n) is 7.60. The van der Waals surface area contributed by atoms with Crippen LogP contribution in [-0.4, -0.2) is 71.2 Å². The number of rotatable bonds is 8. The van der Waals surface area contributed by atoms with Crippen molar-refractivity contribution in [2.45, 2.75) is 24.8 Å². The number of benzene rings is 2. The van der Waals surface area contributed by atoms with E-state index in [-0.39, 0.29) is 23.5 Å². The van der Waals surface area contributed by atoms with Crippen LogP contribution in [0.2, 0.25) is 0 Å². The van der Waals surface area contributed by atoms with E-state index < -0.39 is 28.0 Å². The Bertz CT molecular complexity index is 1160. The molecule has 0 bridgehead atoms. The van der Waals surface area contributed by atoms with Crippen molar-refractivity contribution in [2.75, 3.05) is 45.8 Å². The van der Waals surface area contributed by atoms with Crippen LogP contribution in [0.1, 0.15) is 22.8 Å². The molecule has 3 rings (SSSR count). The Hall–Kier alpha value is -3.15. The smallest absolute Gasteiger partial charge is 0.338 e. The standard InChI is InChI=1S/C23H28N2O8S/c1-15-5-6-17(13-21(15)34(28,29)25-9-11-32-12-10-25)23(27)33-16(2)22(26)24-19-14-18(30-3)7-8-20(19)31-4/h5-8,13-14,16H,9-12H2,1-4H3,(H,24,26). The monoisotopic (exact) mass is 492 g/mol. The number of esters is 1. The summed E-state index contributed by atoms with van der Waals surface area (Å²) in [5.41, 5.74) is 0.874. The molecule has 1 fully saturated rings. The zero-order valence-corrected chi connectivity index (χ0v) is 20.3. The number of hydrogen-bond donors (Lipinski definition) is 1. The minimum Gasteiger partial charge on any atom is -0.497 e. The molecule has 0 spiro atoms. The Morgan fingerprint density at radius 2 is 1.76 bits per heavy atom. The number of carbonyl (C=O) groups excluding carboxylic acids is 2. The largest absolute Gasteiger partial charge is 0.497 e. The first kappa shape index (κ1) is 25.5. The number of nitrogens with zero attached hydrogens (tertiary/aromatic N) is 1. The van der Waals surface area contributed by atoms with Gasteiger partial charge in [-0.25, -0.2) is 13.2 Å². The Morgan fingerprint density at radius 1 is 1.06 bits per heavy atom. The first-order valence-corrected chi connectivity index (χ1v) is 12.0. The molecule has 0 aromatic heterocycles. The van der Waals surface area contributed by atoms with Gasteiger partial charge < -0.3 is 24.3 Å². The van der Waals surface area contributed by atoms with Gasteiger partial charge in [-0.15, -0.1) is 0 Å². The topological polar surface area (TPSA) is 120 Å². The van der Waals surface area contributed by atoms with Crippen molar-refractivity contribution in [3.63, 3.8) is 0 Å². The van der Waals surface area contributed by atoms with E-state index in [9.17, 15) is 18.0 Å². The van der Waals surface area contributed by atoms with E-state index in [1.165, 1.54) is 43.6 Å². The minimum atomic E-state index is -3.81. The van der Waals surface area contributed by atoms with Crippen LogP contribution in [0.5, 0.6) is 11.5 Å². The van der Waals surface area contributed by atoms with Crippen LogP contribution in [0.3, 0.4) is 0 Å². The summed E-state index contributed by atoms with van der Waals surface area (Å²) in [5, 5.41) is 2.64. The zero-order valence-electron chi connectivity index (χ0n) is 19.5. The van der Waals surface area contributed by atoms with E-state index in [1.54, 1.807) is 25.1 Å².